The molecule has 0 aliphatic carbocycles. The Balaban J connectivity index is 0.000000948. The number of hydrogen-bond donors (Lipinski definition) is 0. The largest absolute Gasteiger partial charge is 0.338 e. The summed E-state index contributed by atoms with van der Waals surface area (Å²) >= 11 is 0. The number of amides is 1. The van der Waals surface area contributed by atoms with Crippen LogP contribution in [0.2, 0.25) is 0 Å². The third-order valence-electron chi connectivity index (χ3n) is 5.08. The second kappa shape index (κ2) is 7.48. The van der Waals surface area contributed by atoms with E-state index in [1.54, 1.807) is 13.0 Å². The molecule has 26 heavy (non-hydrogen) atoms. The Labute approximate surface area is 154 Å². The van der Waals surface area contributed by atoms with Crippen LogP contribution in [0.25, 0.3) is 0 Å². The van der Waals surface area contributed by atoms with Crippen molar-refractivity contribution in [2.24, 2.45) is 7.05 Å². The molecule has 3 heterocycles. The smallest absolute Gasteiger partial charge is 0.219 e. The Hall–Kier alpha value is -2.37. The van der Waals surface area contributed by atoms with Gasteiger partial charge in [0.25, 0.3) is 0 Å². The summed E-state index contributed by atoms with van der Waals surface area (Å²) in [5.41, 5.74) is 4.37. The second-order valence-corrected chi connectivity index (χ2v) is 6.59. The lowest BCUT2D eigenvalue weighted by atomic mass is 10.00. The molecule has 2 aliphatic rings. The van der Waals surface area contributed by atoms with Crippen molar-refractivity contribution >= 4 is 17.4 Å². The second-order valence-electron chi connectivity index (χ2n) is 6.59. The normalized spacial score (nSPS) is 15.7. The fourth-order valence-corrected chi connectivity index (χ4v) is 3.84. The van der Waals surface area contributed by atoms with Crippen LogP contribution in [0, 0.1) is 5.82 Å². The van der Waals surface area contributed by atoms with Gasteiger partial charge in [0.1, 0.15) is 5.82 Å². The number of benzene rings is 1. The van der Waals surface area contributed by atoms with Crippen molar-refractivity contribution in [2.75, 3.05) is 18.0 Å². The van der Waals surface area contributed by atoms with E-state index in [-0.39, 0.29) is 11.7 Å². The van der Waals surface area contributed by atoms with Crippen molar-refractivity contribution in [3.05, 3.63) is 40.8 Å². The predicted molar refractivity (Wildman–Crippen MR) is 101 cm³/mol. The topological polar surface area (TPSA) is 41.4 Å². The van der Waals surface area contributed by atoms with Crippen LogP contribution in [-0.4, -0.2) is 33.7 Å². The number of carbonyl (C=O) groups excluding carboxylic acids is 1. The number of carbonyl (C=O) groups is 1. The number of anilines is 2. The molecule has 2 aliphatic heterocycles. The van der Waals surface area contributed by atoms with Crippen molar-refractivity contribution in [3.63, 3.8) is 0 Å². The molecule has 1 amide bonds. The zero-order chi connectivity index (χ0) is 18.8. The Kier molecular flexibility index (Phi) is 5.30. The first-order valence-corrected chi connectivity index (χ1v) is 9.41. The number of nitrogens with zero attached hydrogens (tertiary/aromatic N) is 4. The van der Waals surface area contributed by atoms with Crippen molar-refractivity contribution in [1.29, 1.82) is 0 Å². The molecule has 0 atom stereocenters. The van der Waals surface area contributed by atoms with Gasteiger partial charge in [0.15, 0.2) is 5.82 Å². The Morgan fingerprint density at radius 3 is 2.69 bits per heavy atom. The fourth-order valence-electron chi connectivity index (χ4n) is 3.84. The molecule has 0 fully saturated rings. The molecule has 5 nitrogen and oxygen atoms in total. The van der Waals surface area contributed by atoms with Gasteiger partial charge in [-0.25, -0.2) is 4.39 Å². The zero-order valence-corrected chi connectivity index (χ0v) is 16.0. The molecule has 4 rings (SSSR count). The van der Waals surface area contributed by atoms with Gasteiger partial charge in [-0.3, -0.25) is 9.48 Å². The van der Waals surface area contributed by atoms with Crippen LogP contribution < -0.4 is 4.90 Å². The van der Waals surface area contributed by atoms with Gasteiger partial charge in [0.2, 0.25) is 5.91 Å². The molecule has 1 aromatic heterocycles. The highest BCUT2D eigenvalue weighted by Crippen LogP contribution is 2.37. The fraction of sp³-hybridized carbons (Fsp3) is 0.500. The van der Waals surface area contributed by atoms with E-state index in [1.165, 1.54) is 11.8 Å². The summed E-state index contributed by atoms with van der Waals surface area (Å²) in [7, 11) is 1.96. The van der Waals surface area contributed by atoms with Crippen molar-refractivity contribution in [1.82, 2.24) is 14.7 Å². The minimum absolute atomic E-state index is 0.0940. The van der Waals surface area contributed by atoms with Crippen LogP contribution in [0.15, 0.2) is 18.2 Å². The lowest BCUT2D eigenvalue weighted by Crippen LogP contribution is -2.35. The van der Waals surface area contributed by atoms with Crippen molar-refractivity contribution in [3.8, 4) is 0 Å². The Morgan fingerprint density at radius 1 is 1.19 bits per heavy atom. The molecule has 6 heteroatoms. The summed E-state index contributed by atoms with van der Waals surface area (Å²) in [4.78, 5) is 15.8. The number of fused-ring (bicyclic) bond motifs is 2. The van der Waals surface area contributed by atoms with Crippen LogP contribution >= 0.6 is 0 Å². The molecule has 0 unspecified atom stereocenters. The Bertz CT molecular complexity index is 814. The van der Waals surface area contributed by atoms with E-state index in [9.17, 15) is 9.18 Å². The average Bonchev–Trinajstić information content (AvgIpc) is 2.98. The van der Waals surface area contributed by atoms with Crippen molar-refractivity contribution in [2.45, 2.75) is 46.6 Å². The summed E-state index contributed by atoms with van der Waals surface area (Å²) in [5.74, 6) is 0.809. The molecule has 0 saturated heterocycles. The molecule has 0 spiro atoms. The first kappa shape index (κ1) is 18.4. The van der Waals surface area contributed by atoms with Gasteiger partial charge in [0.05, 0.1) is 6.54 Å². The summed E-state index contributed by atoms with van der Waals surface area (Å²) in [6.07, 6.45) is 2.68. The van der Waals surface area contributed by atoms with E-state index < -0.39 is 0 Å². The molecule has 0 bridgehead atoms. The monoisotopic (exact) mass is 358 g/mol. The van der Waals surface area contributed by atoms with Crippen molar-refractivity contribution < 1.29 is 9.18 Å². The first-order chi connectivity index (χ1) is 12.5. The average molecular weight is 358 g/mol. The van der Waals surface area contributed by atoms with E-state index in [0.29, 0.717) is 6.54 Å². The highest BCUT2D eigenvalue weighted by molar-refractivity contribution is 5.75. The zero-order valence-electron chi connectivity index (χ0n) is 16.0. The summed E-state index contributed by atoms with van der Waals surface area (Å²) < 4.78 is 15.5. The standard InChI is InChI=1S/C18H21FN4O.C2H6/c1-12(24)22-9-7-17-15(11-22)18(20-21(17)2)23-8-3-4-13-10-14(19)5-6-16(13)23;1-2/h5-6,10H,3-4,7-9,11H2,1-2H3;1-2H3. The van der Waals surface area contributed by atoms with Gasteiger partial charge >= 0.3 is 0 Å². The van der Waals surface area contributed by atoms with Gasteiger partial charge in [-0.1, -0.05) is 13.8 Å². The van der Waals surface area contributed by atoms with E-state index in [4.69, 9.17) is 5.10 Å². The molecule has 0 radical (unpaired) electrons. The molecule has 0 saturated carbocycles. The SMILES string of the molecule is CC.CC(=O)N1CCc2c(c(N3CCCc4cc(F)ccc43)nn2C)C1. The van der Waals surface area contributed by atoms with Crippen LogP contribution in [-0.2, 0) is 31.2 Å². The molecule has 0 N–H and O–H groups in total. The molecule has 2 aromatic rings. The lowest BCUT2D eigenvalue weighted by molar-refractivity contribution is -0.129. The quantitative estimate of drug-likeness (QED) is 0.782. The molecular formula is C20H27FN4O. The van der Waals surface area contributed by atoms with E-state index >= 15 is 0 Å². The highest BCUT2D eigenvalue weighted by Gasteiger charge is 2.30. The van der Waals surface area contributed by atoms with Crippen LogP contribution in [0.3, 0.4) is 0 Å². The lowest BCUT2D eigenvalue weighted by Gasteiger charge is -2.32. The van der Waals surface area contributed by atoms with Crippen LogP contribution in [0.5, 0.6) is 0 Å². The first-order valence-electron chi connectivity index (χ1n) is 9.41. The van der Waals surface area contributed by atoms with E-state index in [0.717, 1.165) is 55.0 Å². The van der Waals surface area contributed by atoms with E-state index in [2.05, 4.69) is 4.90 Å². The van der Waals surface area contributed by atoms with Gasteiger partial charge in [-0.2, -0.15) is 5.10 Å². The highest BCUT2D eigenvalue weighted by atomic mass is 19.1. The number of hydrogen-bond acceptors (Lipinski definition) is 3. The summed E-state index contributed by atoms with van der Waals surface area (Å²) in [5, 5.41) is 4.74. The molecular weight excluding hydrogens is 331 g/mol. The molecule has 140 valence electrons. The van der Waals surface area contributed by atoms with Crippen LogP contribution in [0.1, 0.15) is 44.0 Å². The maximum absolute atomic E-state index is 13.6. The maximum atomic E-state index is 13.6. The number of aromatic nitrogens is 2. The van der Waals surface area contributed by atoms with Crippen LogP contribution in [0.4, 0.5) is 15.9 Å². The minimum atomic E-state index is -0.193. The van der Waals surface area contributed by atoms with Gasteiger partial charge in [0, 0.05) is 50.4 Å². The molecule has 1 aromatic carbocycles. The third-order valence-corrected chi connectivity index (χ3v) is 5.08. The van der Waals surface area contributed by atoms with Gasteiger partial charge in [-0.15, -0.1) is 0 Å². The number of aryl methyl sites for hydroxylation is 2. The Morgan fingerprint density at radius 2 is 1.96 bits per heavy atom. The van der Waals surface area contributed by atoms with Gasteiger partial charge < -0.3 is 9.80 Å². The maximum Gasteiger partial charge on any atom is 0.219 e. The number of rotatable bonds is 1. The summed E-state index contributed by atoms with van der Waals surface area (Å²) in [6.45, 7) is 7.81. The van der Waals surface area contributed by atoms with Gasteiger partial charge in [-0.05, 0) is 36.6 Å². The summed E-state index contributed by atoms with van der Waals surface area (Å²) in [6, 6.07) is 4.98. The predicted octanol–water partition coefficient (Wildman–Crippen LogP) is 3.57. The minimum Gasteiger partial charge on any atom is -0.338 e. The number of halogens is 1. The third kappa shape index (κ3) is 3.20. The van der Waals surface area contributed by atoms with E-state index in [1.807, 2.05) is 36.5 Å².